The number of fused-ring (bicyclic) bond motifs is 1. The van der Waals surface area contributed by atoms with E-state index in [9.17, 15) is 13.2 Å². The largest absolute Gasteiger partial charge is 0.497 e. The zero-order valence-electron chi connectivity index (χ0n) is 19.1. The summed E-state index contributed by atoms with van der Waals surface area (Å²) in [5.74, 6) is 1.92. The number of hydrogen-bond acceptors (Lipinski definition) is 7. The van der Waals surface area contributed by atoms with Gasteiger partial charge in [-0.3, -0.25) is 14.0 Å². The van der Waals surface area contributed by atoms with Gasteiger partial charge in [0.05, 0.1) is 19.1 Å². The molecule has 2 aromatic rings. The van der Waals surface area contributed by atoms with Crippen LogP contribution >= 0.6 is 0 Å². The molecule has 178 valence electrons. The van der Waals surface area contributed by atoms with E-state index in [2.05, 4.69) is 4.90 Å². The molecule has 1 atom stereocenters. The lowest BCUT2D eigenvalue weighted by Gasteiger charge is -2.38. The molecule has 2 aromatic carbocycles. The zero-order valence-corrected chi connectivity index (χ0v) is 19.9. The van der Waals surface area contributed by atoms with Crippen molar-refractivity contribution < 1.29 is 27.4 Å². The van der Waals surface area contributed by atoms with Gasteiger partial charge in [-0.2, -0.15) is 0 Å². The van der Waals surface area contributed by atoms with Crippen molar-refractivity contribution in [2.75, 3.05) is 50.6 Å². The van der Waals surface area contributed by atoms with Crippen LogP contribution in [0.15, 0.2) is 42.5 Å². The third-order valence-corrected chi connectivity index (χ3v) is 7.16. The van der Waals surface area contributed by atoms with Crippen molar-refractivity contribution in [1.29, 1.82) is 0 Å². The number of carbonyl (C=O) groups is 1. The average Bonchev–Trinajstić information content (AvgIpc) is 3.27. The molecule has 9 nitrogen and oxygen atoms in total. The minimum Gasteiger partial charge on any atom is -0.497 e. The zero-order chi connectivity index (χ0) is 23.6. The lowest BCUT2D eigenvalue weighted by molar-refractivity contribution is -0.133. The van der Waals surface area contributed by atoms with Gasteiger partial charge in [0.25, 0.3) is 0 Å². The molecule has 0 radical (unpaired) electrons. The Kier molecular flexibility index (Phi) is 6.66. The number of ether oxygens (including phenoxy) is 3. The summed E-state index contributed by atoms with van der Waals surface area (Å²) in [6, 6.07) is 11.7. The summed E-state index contributed by atoms with van der Waals surface area (Å²) in [5.41, 5.74) is 1.55. The Morgan fingerprint density at radius 2 is 1.73 bits per heavy atom. The third-order valence-electron chi connectivity index (χ3n) is 5.92. The van der Waals surface area contributed by atoms with Crippen LogP contribution in [0.1, 0.15) is 12.5 Å². The lowest BCUT2D eigenvalue weighted by atomic mass is 10.1. The Morgan fingerprint density at radius 3 is 2.36 bits per heavy atom. The summed E-state index contributed by atoms with van der Waals surface area (Å²) < 4.78 is 42.2. The van der Waals surface area contributed by atoms with Crippen LogP contribution in [0, 0.1) is 0 Å². The number of methoxy groups -OCH3 is 1. The highest BCUT2D eigenvalue weighted by Gasteiger charge is 2.33. The van der Waals surface area contributed by atoms with Crippen LogP contribution in [0.3, 0.4) is 0 Å². The smallest absolute Gasteiger partial charge is 0.246 e. The molecular weight excluding hydrogens is 446 g/mol. The molecule has 0 spiro atoms. The van der Waals surface area contributed by atoms with Gasteiger partial charge in [0.1, 0.15) is 11.8 Å². The molecule has 0 aromatic heterocycles. The molecule has 2 aliphatic rings. The Morgan fingerprint density at radius 1 is 1.06 bits per heavy atom. The number of anilines is 1. The lowest BCUT2D eigenvalue weighted by Crippen LogP contribution is -2.55. The minimum absolute atomic E-state index is 0.209. The number of sulfonamides is 1. The first-order valence-corrected chi connectivity index (χ1v) is 12.6. The molecule has 1 fully saturated rings. The molecule has 1 saturated heterocycles. The fourth-order valence-corrected chi connectivity index (χ4v) is 5.39. The topological polar surface area (TPSA) is 88.6 Å². The monoisotopic (exact) mass is 475 g/mol. The molecule has 0 bridgehead atoms. The summed E-state index contributed by atoms with van der Waals surface area (Å²) >= 11 is 0. The average molecular weight is 476 g/mol. The molecular formula is C23H29N3O6S. The van der Waals surface area contributed by atoms with Gasteiger partial charge in [0.2, 0.25) is 22.7 Å². The van der Waals surface area contributed by atoms with Gasteiger partial charge in [0.15, 0.2) is 11.5 Å². The van der Waals surface area contributed by atoms with Gasteiger partial charge in [-0.1, -0.05) is 6.07 Å². The van der Waals surface area contributed by atoms with Crippen molar-refractivity contribution in [2.24, 2.45) is 0 Å². The molecule has 10 heteroatoms. The normalized spacial score (nSPS) is 17.0. The first-order valence-electron chi connectivity index (χ1n) is 10.8. The van der Waals surface area contributed by atoms with E-state index >= 15 is 0 Å². The summed E-state index contributed by atoms with van der Waals surface area (Å²) in [4.78, 5) is 17.2. The Hall–Kier alpha value is -2.98. The predicted octanol–water partition coefficient (Wildman–Crippen LogP) is 1.92. The molecule has 0 saturated carbocycles. The van der Waals surface area contributed by atoms with Gasteiger partial charge < -0.3 is 19.1 Å². The number of amides is 1. The van der Waals surface area contributed by atoms with E-state index < -0.39 is 16.1 Å². The van der Waals surface area contributed by atoms with Gasteiger partial charge >= 0.3 is 0 Å². The summed E-state index contributed by atoms with van der Waals surface area (Å²) in [7, 11) is -2.12. The van der Waals surface area contributed by atoms with E-state index in [1.54, 1.807) is 43.2 Å². The highest BCUT2D eigenvalue weighted by atomic mass is 32.2. The molecule has 2 aliphatic heterocycles. The van der Waals surface area contributed by atoms with E-state index in [0.717, 1.165) is 29.9 Å². The Balaban J connectivity index is 1.39. The summed E-state index contributed by atoms with van der Waals surface area (Å²) in [6.45, 7) is 5.10. The molecule has 0 unspecified atom stereocenters. The fourth-order valence-electron chi connectivity index (χ4n) is 4.22. The second-order valence-electron chi connectivity index (χ2n) is 8.22. The van der Waals surface area contributed by atoms with E-state index in [1.807, 2.05) is 18.2 Å². The van der Waals surface area contributed by atoms with Crippen molar-refractivity contribution in [1.82, 2.24) is 9.80 Å². The maximum Gasteiger partial charge on any atom is 0.246 e. The third kappa shape index (κ3) is 5.17. The van der Waals surface area contributed by atoms with Crippen LogP contribution < -0.4 is 18.5 Å². The van der Waals surface area contributed by atoms with E-state index in [1.165, 1.54) is 4.31 Å². The number of piperazine rings is 1. The van der Waals surface area contributed by atoms with Crippen LogP contribution in [0.2, 0.25) is 0 Å². The summed E-state index contributed by atoms with van der Waals surface area (Å²) in [6.07, 6.45) is 1.12. The van der Waals surface area contributed by atoms with Gasteiger partial charge in [-0.15, -0.1) is 0 Å². The van der Waals surface area contributed by atoms with Crippen LogP contribution in [-0.4, -0.2) is 76.5 Å². The molecule has 0 N–H and O–H groups in total. The first kappa shape index (κ1) is 23.2. The maximum absolute atomic E-state index is 13.2. The maximum atomic E-state index is 13.2. The second kappa shape index (κ2) is 9.48. The van der Waals surface area contributed by atoms with Gasteiger partial charge in [-0.05, 0) is 48.9 Å². The van der Waals surface area contributed by atoms with Crippen molar-refractivity contribution in [3.05, 3.63) is 48.0 Å². The number of hydrogen-bond donors (Lipinski definition) is 0. The van der Waals surface area contributed by atoms with E-state index in [-0.39, 0.29) is 12.7 Å². The number of nitrogens with zero attached hydrogens (tertiary/aromatic N) is 3. The fraction of sp³-hybridized carbons (Fsp3) is 0.435. The van der Waals surface area contributed by atoms with Crippen LogP contribution in [0.25, 0.3) is 0 Å². The van der Waals surface area contributed by atoms with Crippen molar-refractivity contribution in [3.8, 4) is 17.2 Å². The molecule has 1 amide bonds. The van der Waals surface area contributed by atoms with E-state index in [4.69, 9.17) is 14.2 Å². The molecule has 2 heterocycles. The van der Waals surface area contributed by atoms with Crippen LogP contribution in [0.4, 0.5) is 5.69 Å². The highest BCUT2D eigenvalue weighted by Crippen LogP contribution is 2.33. The van der Waals surface area contributed by atoms with Crippen molar-refractivity contribution in [2.45, 2.75) is 19.5 Å². The second-order valence-corrected chi connectivity index (χ2v) is 10.1. The van der Waals surface area contributed by atoms with Gasteiger partial charge in [0, 0.05) is 32.7 Å². The van der Waals surface area contributed by atoms with Gasteiger partial charge in [-0.25, -0.2) is 8.42 Å². The van der Waals surface area contributed by atoms with Crippen molar-refractivity contribution in [3.63, 3.8) is 0 Å². The van der Waals surface area contributed by atoms with E-state index in [0.29, 0.717) is 37.6 Å². The number of rotatable bonds is 7. The SMILES string of the molecule is COc1ccc(N([C@@H](C)C(=O)N2CCN(Cc3ccc4c(c3)OCO4)CC2)S(C)(=O)=O)cc1. The standard InChI is InChI=1S/C23H29N3O6S/c1-17(26(33(3,28)29)19-5-7-20(30-2)8-6-19)23(27)25-12-10-24(11-13-25)15-18-4-9-21-22(14-18)32-16-31-21/h4-9,14,17H,10-13,15-16H2,1-3H3/t17-/m0/s1. The quantitative estimate of drug-likeness (QED) is 0.605. The predicted molar refractivity (Wildman–Crippen MR) is 124 cm³/mol. The first-order chi connectivity index (χ1) is 15.8. The number of carbonyl (C=O) groups excluding carboxylic acids is 1. The number of benzene rings is 2. The molecule has 0 aliphatic carbocycles. The molecule has 4 rings (SSSR count). The van der Waals surface area contributed by atoms with Crippen molar-refractivity contribution >= 4 is 21.6 Å². The highest BCUT2D eigenvalue weighted by molar-refractivity contribution is 7.92. The molecule has 33 heavy (non-hydrogen) atoms. The summed E-state index contributed by atoms with van der Waals surface area (Å²) in [5, 5.41) is 0. The Labute approximate surface area is 194 Å². The minimum atomic E-state index is -3.66. The van der Waals surface area contributed by atoms with Crippen LogP contribution in [-0.2, 0) is 21.4 Å². The van der Waals surface area contributed by atoms with Crippen LogP contribution in [0.5, 0.6) is 17.2 Å². The Bertz CT molecular complexity index is 1100.